The molecular formula is C23H25N3O4S. The van der Waals surface area contributed by atoms with Gasteiger partial charge in [-0.1, -0.05) is 48.5 Å². The van der Waals surface area contributed by atoms with E-state index < -0.39 is 10.0 Å². The lowest BCUT2D eigenvalue weighted by atomic mass is 10.1. The van der Waals surface area contributed by atoms with Crippen molar-refractivity contribution in [1.82, 2.24) is 10.3 Å². The van der Waals surface area contributed by atoms with Crippen molar-refractivity contribution >= 4 is 21.6 Å². The van der Waals surface area contributed by atoms with Crippen LogP contribution in [0, 0.1) is 6.92 Å². The first kappa shape index (κ1) is 22.3. The molecule has 31 heavy (non-hydrogen) atoms. The van der Waals surface area contributed by atoms with Gasteiger partial charge < -0.3 is 10.1 Å². The van der Waals surface area contributed by atoms with Gasteiger partial charge in [0.1, 0.15) is 0 Å². The molecule has 1 amide bonds. The number of nitrogens with one attached hydrogen (secondary N) is 1. The molecule has 0 saturated carbocycles. The minimum Gasteiger partial charge on any atom is -0.481 e. The average Bonchev–Trinajstić information content (AvgIpc) is 2.77. The number of carbonyl (C=O) groups is 1. The molecule has 1 N–H and O–H groups in total. The van der Waals surface area contributed by atoms with Crippen LogP contribution in [0.2, 0.25) is 0 Å². The van der Waals surface area contributed by atoms with Crippen LogP contribution in [-0.2, 0) is 21.2 Å². The molecule has 0 bridgehead atoms. The Bertz CT molecular complexity index is 1120. The van der Waals surface area contributed by atoms with Crippen molar-refractivity contribution in [2.45, 2.75) is 18.2 Å². The van der Waals surface area contributed by atoms with Gasteiger partial charge in [-0.15, -0.1) is 0 Å². The number of amides is 1. The van der Waals surface area contributed by atoms with E-state index in [0.717, 1.165) is 5.56 Å². The Balaban J connectivity index is 1.79. The molecule has 1 aromatic heterocycles. The predicted molar refractivity (Wildman–Crippen MR) is 120 cm³/mol. The number of pyridine rings is 1. The van der Waals surface area contributed by atoms with E-state index in [4.69, 9.17) is 4.74 Å². The third-order valence-electron chi connectivity index (χ3n) is 4.72. The predicted octanol–water partition coefficient (Wildman–Crippen LogP) is 2.95. The first-order valence-corrected chi connectivity index (χ1v) is 11.2. The number of methoxy groups -OCH3 is 1. The smallest absolute Gasteiger partial charge is 0.264 e. The molecule has 0 fully saturated rings. The van der Waals surface area contributed by atoms with Gasteiger partial charge in [-0.25, -0.2) is 13.4 Å². The maximum atomic E-state index is 13.4. The Kier molecular flexibility index (Phi) is 7.25. The van der Waals surface area contributed by atoms with E-state index in [0.29, 0.717) is 17.1 Å². The maximum Gasteiger partial charge on any atom is 0.264 e. The van der Waals surface area contributed by atoms with Gasteiger partial charge in [0.2, 0.25) is 11.8 Å². The Morgan fingerprint density at radius 1 is 1.03 bits per heavy atom. The third kappa shape index (κ3) is 5.61. The number of aryl methyl sites for hydroxylation is 1. The van der Waals surface area contributed by atoms with Gasteiger partial charge in [0, 0.05) is 12.6 Å². The van der Waals surface area contributed by atoms with Gasteiger partial charge in [0.25, 0.3) is 10.0 Å². The molecule has 0 radical (unpaired) electrons. The molecule has 2 aromatic carbocycles. The lowest BCUT2D eigenvalue weighted by Gasteiger charge is -2.25. The van der Waals surface area contributed by atoms with Gasteiger partial charge in [0.15, 0.2) is 0 Å². The summed E-state index contributed by atoms with van der Waals surface area (Å²) in [5.74, 6) is 0.209. The maximum absolute atomic E-state index is 13.4. The van der Waals surface area contributed by atoms with Gasteiger partial charge in [-0.05, 0) is 30.2 Å². The molecule has 0 aliphatic rings. The molecule has 1 heterocycles. The summed E-state index contributed by atoms with van der Waals surface area (Å²) in [5, 5.41) is 2.80. The van der Waals surface area contributed by atoms with Crippen LogP contribution in [0.3, 0.4) is 0 Å². The molecule has 8 heteroatoms. The van der Waals surface area contributed by atoms with Crippen LogP contribution in [0.4, 0.5) is 5.69 Å². The molecular weight excluding hydrogens is 414 g/mol. The Morgan fingerprint density at radius 2 is 1.74 bits per heavy atom. The van der Waals surface area contributed by atoms with Crippen molar-refractivity contribution in [2.75, 3.05) is 24.5 Å². The number of hydrogen-bond acceptors (Lipinski definition) is 5. The quantitative estimate of drug-likeness (QED) is 0.554. The summed E-state index contributed by atoms with van der Waals surface area (Å²) in [5.41, 5.74) is 1.92. The summed E-state index contributed by atoms with van der Waals surface area (Å²) in [4.78, 5) is 16.6. The van der Waals surface area contributed by atoms with Crippen molar-refractivity contribution in [1.29, 1.82) is 0 Å². The standard InChI is InChI=1S/C23H25N3O4S/c1-18-8-6-7-11-21(18)31(28,29)26(20-12-13-23(30-2)25-17-20)15-14-24-22(27)16-19-9-4-3-5-10-19/h3-13,17H,14-16H2,1-2H3,(H,24,27). The van der Waals surface area contributed by atoms with Crippen LogP contribution in [0.25, 0.3) is 0 Å². The van der Waals surface area contributed by atoms with Crippen LogP contribution in [0.5, 0.6) is 5.88 Å². The summed E-state index contributed by atoms with van der Waals surface area (Å²) in [6.07, 6.45) is 1.68. The highest BCUT2D eigenvalue weighted by Crippen LogP contribution is 2.25. The van der Waals surface area contributed by atoms with E-state index in [1.807, 2.05) is 30.3 Å². The molecule has 0 saturated heterocycles. The minimum absolute atomic E-state index is 0.0607. The van der Waals surface area contributed by atoms with E-state index in [-0.39, 0.29) is 30.3 Å². The zero-order chi connectivity index (χ0) is 22.3. The SMILES string of the molecule is COc1ccc(N(CCNC(=O)Cc2ccccc2)S(=O)(=O)c2ccccc2C)cn1. The first-order valence-electron chi connectivity index (χ1n) is 9.81. The van der Waals surface area contributed by atoms with Crippen molar-refractivity contribution in [3.63, 3.8) is 0 Å². The Morgan fingerprint density at radius 3 is 2.39 bits per heavy atom. The number of carbonyl (C=O) groups excluding carboxylic acids is 1. The van der Waals surface area contributed by atoms with Crippen molar-refractivity contribution in [3.05, 3.63) is 84.1 Å². The highest BCUT2D eigenvalue weighted by Gasteiger charge is 2.26. The van der Waals surface area contributed by atoms with Crippen LogP contribution in [0.15, 0.2) is 77.8 Å². The van der Waals surface area contributed by atoms with E-state index in [1.165, 1.54) is 17.6 Å². The third-order valence-corrected chi connectivity index (χ3v) is 6.71. The fourth-order valence-electron chi connectivity index (χ4n) is 3.13. The normalized spacial score (nSPS) is 11.0. The number of aromatic nitrogens is 1. The number of benzene rings is 2. The average molecular weight is 440 g/mol. The van der Waals surface area contributed by atoms with Crippen LogP contribution in [-0.4, -0.2) is 39.5 Å². The first-order chi connectivity index (χ1) is 14.9. The monoisotopic (exact) mass is 439 g/mol. The summed E-state index contributed by atoms with van der Waals surface area (Å²) in [7, 11) is -2.37. The lowest BCUT2D eigenvalue weighted by molar-refractivity contribution is -0.120. The molecule has 0 unspecified atom stereocenters. The highest BCUT2D eigenvalue weighted by atomic mass is 32.2. The Labute approximate surface area is 182 Å². The van der Waals surface area contributed by atoms with Crippen LogP contribution < -0.4 is 14.4 Å². The molecule has 3 aromatic rings. The number of sulfonamides is 1. The molecule has 3 rings (SSSR count). The number of anilines is 1. The molecule has 0 aliphatic carbocycles. The summed E-state index contributed by atoms with van der Waals surface area (Å²) >= 11 is 0. The number of nitrogens with zero attached hydrogens (tertiary/aromatic N) is 2. The van der Waals surface area contributed by atoms with Crippen molar-refractivity contribution in [3.8, 4) is 5.88 Å². The number of rotatable bonds is 9. The van der Waals surface area contributed by atoms with E-state index in [2.05, 4.69) is 10.3 Å². The van der Waals surface area contributed by atoms with Crippen molar-refractivity contribution in [2.24, 2.45) is 0 Å². The fourth-order valence-corrected chi connectivity index (χ4v) is 4.81. The molecule has 0 aliphatic heterocycles. The summed E-state index contributed by atoms with van der Waals surface area (Å²) < 4.78 is 33.2. The summed E-state index contributed by atoms with van der Waals surface area (Å²) in [6, 6.07) is 19.4. The molecule has 0 spiro atoms. The summed E-state index contributed by atoms with van der Waals surface area (Å²) in [6.45, 7) is 1.97. The zero-order valence-electron chi connectivity index (χ0n) is 17.5. The van der Waals surface area contributed by atoms with Gasteiger partial charge in [-0.2, -0.15) is 0 Å². The van der Waals surface area contributed by atoms with Gasteiger partial charge >= 0.3 is 0 Å². The van der Waals surface area contributed by atoms with E-state index in [9.17, 15) is 13.2 Å². The minimum atomic E-state index is -3.86. The second kappa shape index (κ2) is 10.1. The van der Waals surface area contributed by atoms with Gasteiger partial charge in [-0.3, -0.25) is 9.10 Å². The van der Waals surface area contributed by atoms with Crippen LogP contribution >= 0.6 is 0 Å². The topological polar surface area (TPSA) is 88.6 Å². The molecule has 162 valence electrons. The molecule has 7 nitrogen and oxygen atoms in total. The largest absolute Gasteiger partial charge is 0.481 e. The molecule has 0 atom stereocenters. The Hall–Kier alpha value is -3.39. The fraction of sp³-hybridized carbons (Fsp3) is 0.217. The number of ether oxygens (including phenoxy) is 1. The highest BCUT2D eigenvalue weighted by molar-refractivity contribution is 7.92. The second-order valence-corrected chi connectivity index (χ2v) is 8.74. The lowest BCUT2D eigenvalue weighted by Crippen LogP contribution is -2.39. The van der Waals surface area contributed by atoms with E-state index >= 15 is 0 Å². The van der Waals surface area contributed by atoms with Gasteiger partial charge in [0.05, 0.1) is 36.9 Å². The van der Waals surface area contributed by atoms with Crippen LogP contribution in [0.1, 0.15) is 11.1 Å². The van der Waals surface area contributed by atoms with Crippen molar-refractivity contribution < 1.29 is 17.9 Å². The number of hydrogen-bond donors (Lipinski definition) is 1. The van der Waals surface area contributed by atoms with E-state index in [1.54, 1.807) is 43.3 Å². The zero-order valence-corrected chi connectivity index (χ0v) is 18.3. The second-order valence-electron chi connectivity index (χ2n) is 6.91.